The van der Waals surface area contributed by atoms with Crippen molar-refractivity contribution in [2.75, 3.05) is 13.1 Å². The first-order valence-electron chi connectivity index (χ1n) is 8.85. The Bertz CT molecular complexity index is 1010. The van der Waals surface area contributed by atoms with Crippen LogP contribution in [0, 0.1) is 6.92 Å². The highest BCUT2D eigenvalue weighted by Crippen LogP contribution is 2.09. The lowest BCUT2D eigenvalue weighted by molar-refractivity contribution is 0.0954. The van der Waals surface area contributed by atoms with Gasteiger partial charge >= 0.3 is 0 Å². The summed E-state index contributed by atoms with van der Waals surface area (Å²) < 4.78 is 28.7. The number of benzene rings is 2. The highest BCUT2D eigenvalue weighted by atomic mass is 32.2. The monoisotopic (exact) mass is 398 g/mol. The van der Waals surface area contributed by atoms with Crippen LogP contribution in [-0.4, -0.2) is 37.2 Å². The molecule has 0 unspecified atom stereocenters. The van der Waals surface area contributed by atoms with Crippen molar-refractivity contribution in [1.82, 2.24) is 19.8 Å². The first-order chi connectivity index (χ1) is 13.4. The van der Waals surface area contributed by atoms with Gasteiger partial charge in [0.1, 0.15) is 0 Å². The van der Waals surface area contributed by atoms with Crippen LogP contribution in [0.25, 0.3) is 0 Å². The van der Waals surface area contributed by atoms with Crippen molar-refractivity contribution in [2.24, 2.45) is 0 Å². The van der Waals surface area contributed by atoms with Gasteiger partial charge in [-0.05, 0) is 42.8 Å². The van der Waals surface area contributed by atoms with E-state index < -0.39 is 10.0 Å². The van der Waals surface area contributed by atoms with Crippen LogP contribution in [0.1, 0.15) is 21.5 Å². The number of nitrogens with zero attached hydrogens (tertiary/aromatic N) is 2. The molecule has 1 amide bonds. The molecule has 0 bridgehead atoms. The van der Waals surface area contributed by atoms with Gasteiger partial charge in [-0.3, -0.25) is 9.48 Å². The largest absolute Gasteiger partial charge is 0.351 e. The first-order valence-corrected chi connectivity index (χ1v) is 10.3. The van der Waals surface area contributed by atoms with Crippen molar-refractivity contribution in [3.05, 3.63) is 83.7 Å². The quantitative estimate of drug-likeness (QED) is 0.567. The zero-order valence-electron chi connectivity index (χ0n) is 15.5. The molecular weight excluding hydrogens is 376 g/mol. The second-order valence-electron chi connectivity index (χ2n) is 6.37. The molecule has 0 aliphatic rings. The molecule has 3 rings (SSSR count). The van der Waals surface area contributed by atoms with E-state index in [2.05, 4.69) is 15.1 Å². The molecule has 146 valence electrons. The minimum Gasteiger partial charge on any atom is -0.351 e. The van der Waals surface area contributed by atoms with Crippen molar-refractivity contribution >= 4 is 15.9 Å². The number of hydrogen-bond acceptors (Lipinski definition) is 4. The molecule has 0 saturated heterocycles. The van der Waals surface area contributed by atoms with Gasteiger partial charge in [0.2, 0.25) is 10.0 Å². The Morgan fingerprint density at radius 2 is 1.75 bits per heavy atom. The SMILES string of the molecule is Cc1ccc(S(=O)(=O)NCCNC(=O)c2ccc(Cn3cccn3)cc2)cc1. The Morgan fingerprint density at radius 3 is 2.39 bits per heavy atom. The molecule has 7 nitrogen and oxygen atoms in total. The van der Waals surface area contributed by atoms with E-state index in [4.69, 9.17) is 0 Å². The average molecular weight is 398 g/mol. The number of rotatable bonds is 8. The second kappa shape index (κ2) is 8.81. The van der Waals surface area contributed by atoms with Crippen LogP contribution in [0.3, 0.4) is 0 Å². The predicted molar refractivity (Wildman–Crippen MR) is 106 cm³/mol. The van der Waals surface area contributed by atoms with E-state index in [1.807, 2.05) is 31.3 Å². The molecule has 0 aliphatic carbocycles. The molecule has 0 spiro atoms. The predicted octanol–water partition coefficient (Wildman–Crippen LogP) is 1.95. The van der Waals surface area contributed by atoms with Crippen LogP contribution in [0.5, 0.6) is 0 Å². The number of sulfonamides is 1. The maximum Gasteiger partial charge on any atom is 0.251 e. The molecule has 0 saturated carbocycles. The number of aromatic nitrogens is 2. The summed E-state index contributed by atoms with van der Waals surface area (Å²) in [6.45, 7) is 2.83. The molecule has 3 aromatic rings. The van der Waals surface area contributed by atoms with Crippen LogP contribution in [0.4, 0.5) is 0 Å². The third-order valence-corrected chi connectivity index (χ3v) is 5.63. The number of amides is 1. The van der Waals surface area contributed by atoms with Gasteiger partial charge in [-0.2, -0.15) is 5.10 Å². The molecule has 1 aromatic heterocycles. The summed E-state index contributed by atoms with van der Waals surface area (Å²) >= 11 is 0. The highest BCUT2D eigenvalue weighted by molar-refractivity contribution is 7.89. The molecular formula is C20H22N4O3S. The summed E-state index contributed by atoms with van der Waals surface area (Å²) in [6, 6.07) is 15.7. The van der Waals surface area contributed by atoms with E-state index in [1.165, 1.54) is 0 Å². The van der Waals surface area contributed by atoms with Gasteiger partial charge in [0.25, 0.3) is 5.91 Å². The van der Waals surface area contributed by atoms with Gasteiger partial charge in [-0.15, -0.1) is 0 Å². The van der Waals surface area contributed by atoms with Crippen LogP contribution in [0.2, 0.25) is 0 Å². The Labute approximate surface area is 164 Å². The summed E-state index contributed by atoms with van der Waals surface area (Å²) in [6.07, 6.45) is 3.59. The fraction of sp³-hybridized carbons (Fsp3) is 0.200. The van der Waals surface area contributed by atoms with E-state index in [9.17, 15) is 13.2 Å². The van der Waals surface area contributed by atoms with Crippen molar-refractivity contribution in [2.45, 2.75) is 18.4 Å². The molecule has 2 N–H and O–H groups in total. The normalized spacial score (nSPS) is 11.3. The Hall–Kier alpha value is -2.97. The van der Waals surface area contributed by atoms with Crippen LogP contribution in [-0.2, 0) is 16.6 Å². The molecule has 2 aromatic carbocycles. The molecule has 1 heterocycles. The van der Waals surface area contributed by atoms with Crippen molar-refractivity contribution in [3.63, 3.8) is 0 Å². The number of nitrogens with one attached hydrogen (secondary N) is 2. The number of aryl methyl sites for hydroxylation is 1. The third-order valence-electron chi connectivity index (χ3n) is 4.15. The Balaban J connectivity index is 1.47. The van der Waals surface area contributed by atoms with E-state index in [-0.39, 0.29) is 23.9 Å². The lowest BCUT2D eigenvalue weighted by Crippen LogP contribution is -2.34. The molecule has 28 heavy (non-hydrogen) atoms. The van der Waals surface area contributed by atoms with Crippen LogP contribution >= 0.6 is 0 Å². The average Bonchev–Trinajstić information content (AvgIpc) is 3.19. The van der Waals surface area contributed by atoms with Gasteiger partial charge in [0.05, 0.1) is 11.4 Å². The van der Waals surface area contributed by atoms with Gasteiger partial charge in [-0.1, -0.05) is 29.8 Å². The topological polar surface area (TPSA) is 93.1 Å². The molecule has 0 radical (unpaired) electrons. The minimum atomic E-state index is -3.58. The summed E-state index contributed by atoms with van der Waals surface area (Å²) in [4.78, 5) is 12.4. The molecule has 0 atom stereocenters. The maximum atomic E-state index is 12.2. The Kier molecular flexibility index (Phi) is 6.23. The zero-order chi connectivity index (χ0) is 20.0. The maximum absolute atomic E-state index is 12.2. The summed E-state index contributed by atoms with van der Waals surface area (Å²) in [5.41, 5.74) is 2.54. The standard InChI is InChI=1S/C20H22N4O3S/c1-16-3-9-19(10-4-16)28(26,27)23-13-12-21-20(25)18-7-5-17(6-8-18)15-24-14-2-11-22-24/h2-11,14,23H,12-13,15H2,1H3,(H,21,25). The van der Waals surface area contributed by atoms with E-state index in [1.54, 1.807) is 47.3 Å². The number of hydrogen-bond donors (Lipinski definition) is 2. The fourth-order valence-corrected chi connectivity index (χ4v) is 3.64. The van der Waals surface area contributed by atoms with Crippen LogP contribution in [0.15, 0.2) is 71.9 Å². The number of carbonyl (C=O) groups is 1. The van der Waals surface area contributed by atoms with E-state index >= 15 is 0 Å². The van der Waals surface area contributed by atoms with Crippen molar-refractivity contribution < 1.29 is 13.2 Å². The molecule has 8 heteroatoms. The van der Waals surface area contributed by atoms with Crippen molar-refractivity contribution in [1.29, 1.82) is 0 Å². The summed E-state index contributed by atoms with van der Waals surface area (Å²) in [5, 5.41) is 6.86. The van der Waals surface area contributed by atoms with Gasteiger partial charge in [0.15, 0.2) is 0 Å². The lowest BCUT2D eigenvalue weighted by Gasteiger charge is -2.09. The Morgan fingerprint density at radius 1 is 1.04 bits per heavy atom. The van der Waals surface area contributed by atoms with Gasteiger partial charge in [-0.25, -0.2) is 13.1 Å². The first kappa shape index (κ1) is 19.8. The zero-order valence-corrected chi connectivity index (χ0v) is 16.3. The number of carbonyl (C=O) groups excluding carboxylic acids is 1. The van der Waals surface area contributed by atoms with E-state index in [0.29, 0.717) is 12.1 Å². The van der Waals surface area contributed by atoms with Gasteiger partial charge in [0, 0.05) is 31.0 Å². The smallest absolute Gasteiger partial charge is 0.251 e. The lowest BCUT2D eigenvalue weighted by atomic mass is 10.1. The van der Waals surface area contributed by atoms with E-state index in [0.717, 1.165) is 11.1 Å². The summed E-state index contributed by atoms with van der Waals surface area (Å²) in [5.74, 6) is -0.250. The van der Waals surface area contributed by atoms with Crippen LogP contribution < -0.4 is 10.0 Å². The van der Waals surface area contributed by atoms with Crippen molar-refractivity contribution in [3.8, 4) is 0 Å². The molecule has 0 aliphatic heterocycles. The third kappa shape index (κ3) is 5.28. The fourth-order valence-electron chi connectivity index (χ4n) is 2.61. The molecule has 0 fully saturated rings. The van der Waals surface area contributed by atoms with Gasteiger partial charge < -0.3 is 5.32 Å². The highest BCUT2D eigenvalue weighted by Gasteiger charge is 2.13. The minimum absolute atomic E-state index is 0.110. The summed E-state index contributed by atoms with van der Waals surface area (Å²) in [7, 11) is -3.58. The second-order valence-corrected chi connectivity index (χ2v) is 8.13.